The van der Waals surface area contributed by atoms with E-state index in [-0.39, 0.29) is 0 Å². The average molecular weight is 263 g/mol. The summed E-state index contributed by atoms with van der Waals surface area (Å²) in [6.45, 7) is 5.28. The van der Waals surface area contributed by atoms with Gasteiger partial charge in [0.2, 0.25) is 0 Å². The van der Waals surface area contributed by atoms with E-state index in [1.165, 1.54) is 31.6 Å². The van der Waals surface area contributed by atoms with E-state index in [1.807, 2.05) is 12.3 Å². The number of hydrogen-bond acceptors (Lipinski definition) is 4. The van der Waals surface area contributed by atoms with Gasteiger partial charge in [-0.2, -0.15) is 0 Å². The molecule has 2 rings (SSSR count). The van der Waals surface area contributed by atoms with E-state index in [2.05, 4.69) is 27.3 Å². The molecule has 0 bridgehead atoms. The third kappa shape index (κ3) is 5.27. The van der Waals surface area contributed by atoms with Crippen molar-refractivity contribution >= 4 is 0 Å². The molecule has 0 atom stereocenters. The van der Waals surface area contributed by atoms with Crippen LogP contribution >= 0.6 is 0 Å². The molecule has 19 heavy (non-hydrogen) atoms. The molecule has 1 aliphatic heterocycles. The van der Waals surface area contributed by atoms with Crippen LogP contribution in [0.5, 0.6) is 0 Å². The van der Waals surface area contributed by atoms with Crippen LogP contribution in [0.3, 0.4) is 0 Å². The number of piperidine rings is 1. The van der Waals surface area contributed by atoms with Gasteiger partial charge in [-0.3, -0.25) is 4.98 Å². The van der Waals surface area contributed by atoms with Gasteiger partial charge in [0.05, 0.1) is 6.61 Å². The van der Waals surface area contributed by atoms with E-state index in [4.69, 9.17) is 4.74 Å². The lowest BCUT2D eigenvalue weighted by atomic mass is 10.0. The standard InChI is InChI=1S/C15H25N3O/c1-19-13-9-17-15-6-11-18(12-7-15)10-5-14-4-2-3-8-16-14/h2-4,8,15,17H,5-7,9-13H2,1H3. The van der Waals surface area contributed by atoms with Gasteiger partial charge >= 0.3 is 0 Å². The lowest BCUT2D eigenvalue weighted by Crippen LogP contribution is -2.43. The van der Waals surface area contributed by atoms with Gasteiger partial charge < -0.3 is 15.0 Å². The number of pyridine rings is 1. The monoisotopic (exact) mass is 263 g/mol. The fraction of sp³-hybridized carbons (Fsp3) is 0.667. The number of likely N-dealkylation sites (tertiary alicyclic amines) is 1. The molecule has 0 saturated carbocycles. The second kappa shape index (κ2) is 8.25. The zero-order valence-electron chi connectivity index (χ0n) is 11.8. The molecule has 1 fully saturated rings. The Morgan fingerprint density at radius 3 is 2.89 bits per heavy atom. The van der Waals surface area contributed by atoms with E-state index in [0.717, 1.165) is 26.1 Å². The smallest absolute Gasteiger partial charge is 0.0587 e. The summed E-state index contributed by atoms with van der Waals surface area (Å²) in [5, 5.41) is 3.55. The Kier molecular flexibility index (Phi) is 6.27. The normalized spacial score (nSPS) is 17.7. The molecule has 4 nitrogen and oxygen atoms in total. The van der Waals surface area contributed by atoms with Crippen molar-refractivity contribution in [2.75, 3.05) is 39.9 Å². The first-order valence-corrected chi connectivity index (χ1v) is 7.23. The van der Waals surface area contributed by atoms with Crippen LogP contribution in [-0.2, 0) is 11.2 Å². The van der Waals surface area contributed by atoms with E-state index >= 15 is 0 Å². The van der Waals surface area contributed by atoms with E-state index in [1.54, 1.807) is 7.11 Å². The summed E-state index contributed by atoms with van der Waals surface area (Å²) >= 11 is 0. The van der Waals surface area contributed by atoms with Gasteiger partial charge in [0.15, 0.2) is 0 Å². The highest BCUT2D eigenvalue weighted by Crippen LogP contribution is 2.10. The molecule has 4 heteroatoms. The van der Waals surface area contributed by atoms with Crippen LogP contribution in [0, 0.1) is 0 Å². The fourth-order valence-electron chi connectivity index (χ4n) is 2.54. The summed E-state index contributed by atoms with van der Waals surface area (Å²) < 4.78 is 5.06. The van der Waals surface area contributed by atoms with Crippen LogP contribution in [0.25, 0.3) is 0 Å². The molecule has 0 radical (unpaired) electrons. The van der Waals surface area contributed by atoms with Crippen molar-refractivity contribution in [3.8, 4) is 0 Å². The van der Waals surface area contributed by atoms with E-state index < -0.39 is 0 Å². The molecular formula is C15H25N3O. The Hall–Kier alpha value is -0.970. The van der Waals surface area contributed by atoms with Crippen LogP contribution in [0.2, 0.25) is 0 Å². The summed E-state index contributed by atoms with van der Waals surface area (Å²) in [6.07, 6.45) is 5.42. The lowest BCUT2D eigenvalue weighted by Gasteiger charge is -2.32. The van der Waals surface area contributed by atoms with Gasteiger partial charge in [0, 0.05) is 44.6 Å². The molecular weight excluding hydrogens is 238 g/mol. The lowest BCUT2D eigenvalue weighted by molar-refractivity contribution is 0.172. The third-order valence-electron chi connectivity index (χ3n) is 3.74. The molecule has 106 valence electrons. The first kappa shape index (κ1) is 14.4. The molecule has 1 aliphatic rings. The quantitative estimate of drug-likeness (QED) is 0.753. The van der Waals surface area contributed by atoms with Crippen molar-refractivity contribution in [1.29, 1.82) is 0 Å². The largest absolute Gasteiger partial charge is 0.383 e. The third-order valence-corrected chi connectivity index (χ3v) is 3.74. The average Bonchev–Trinajstić information content (AvgIpc) is 2.48. The van der Waals surface area contributed by atoms with Crippen molar-refractivity contribution in [2.24, 2.45) is 0 Å². The first-order valence-electron chi connectivity index (χ1n) is 7.23. The van der Waals surface area contributed by atoms with Gasteiger partial charge in [0.25, 0.3) is 0 Å². The van der Waals surface area contributed by atoms with Crippen molar-refractivity contribution in [1.82, 2.24) is 15.2 Å². The highest BCUT2D eigenvalue weighted by atomic mass is 16.5. The van der Waals surface area contributed by atoms with Crippen molar-refractivity contribution in [3.05, 3.63) is 30.1 Å². The molecule has 2 heterocycles. The Bertz CT molecular complexity index is 337. The van der Waals surface area contributed by atoms with Gasteiger partial charge in [-0.25, -0.2) is 0 Å². The molecule has 0 amide bonds. The summed E-state index contributed by atoms with van der Waals surface area (Å²) in [6, 6.07) is 6.81. The van der Waals surface area contributed by atoms with Crippen LogP contribution in [0.1, 0.15) is 18.5 Å². The Labute approximate surface area is 116 Å². The second-order valence-corrected chi connectivity index (χ2v) is 5.13. The number of rotatable bonds is 7. The molecule has 1 saturated heterocycles. The van der Waals surface area contributed by atoms with Gasteiger partial charge in [0.1, 0.15) is 0 Å². The maximum Gasteiger partial charge on any atom is 0.0587 e. The zero-order chi connectivity index (χ0) is 13.3. The predicted molar refractivity (Wildman–Crippen MR) is 77.3 cm³/mol. The molecule has 1 aromatic heterocycles. The predicted octanol–water partition coefficient (Wildman–Crippen LogP) is 1.32. The second-order valence-electron chi connectivity index (χ2n) is 5.13. The summed E-state index contributed by atoms with van der Waals surface area (Å²) in [5.41, 5.74) is 1.20. The summed E-state index contributed by atoms with van der Waals surface area (Å²) in [5.74, 6) is 0. The number of nitrogens with zero attached hydrogens (tertiary/aromatic N) is 2. The molecule has 0 spiro atoms. The summed E-state index contributed by atoms with van der Waals surface area (Å²) in [7, 11) is 1.75. The Balaban J connectivity index is 1.61. The first-order chi connectivity index (χ1) is 9.38. The fourth-order valence-corrected chi connectivity index (χ4v) is 2.54. The molecule has 0 aliphatic carbocycles. The topological polar surface area (TPSA) is 37.4 Å². The molecule has 1 aromatic rings. The minimum atomic E-state index is 0.668. The van der Waals surface area contributed by atoms with Crippen LogP contribution in [0.15, 0.2) is 24.4 Å². The summed E-state index contributed by atoms with van der Waals surface area (Å²) in [4.78, 5) is 6.92. The minimum absolute atomic E-state index is 0.668. The SMILES string of the molecule is COCCNC1CCN(CCc2ccccn2)CC1. The highest BCUT2D eigenvalue weighted by molar-refractivity contribution is 5.03. The maximum atomic E-state index is 5.06. The number of nitrogens with one attached hydrogen (secondary N) is 1. The number of methoxy groups -OCH3 is 1. The zero-order valence-corrected chi connectivity index (χ0v) is 11.8. The van der Waals surface area contributed by atoms with Crippen LogP contribution < -0.4 is 5.32 Å². The van der Waals surface area contributed by atoms with Crippen LogP contribution in [0.4, 0.5) is 0 Å². The van der Waals surface area contributed by atoms with Crippen molar-refractivity contribution in [2.45, 2.75) is 25.3 Å². The molecule has 0 unspecified atom stereocenters. The van der Waals surface area contributed by atoms with Crippen LogP contribution in [-0.4, -0.2) is 55.8 Å². The number of aromatic nitrogens is 1. The number of ether oxygens (including phenoxy) is 1. The van der Waals surface area contributed by atoms with Crippen molar-refractivity contribution < 1.29 is 4.74 Å². The van der Waals surface area contributed by atoms with Gasteiger partial charge in [-0.1, -0.05) is 6.07 Å². The van der Waals surface area contributed by atoms with Gasteiger partial charge in [-0.15, -0.1) is 0 Å². The Morgan fingerprint density at radius 2 is 2.21 bits per heavy atom. The maximum absolute atomic E-state index is 5.06. The minimum Gasteiger partial charge on any atom is -0.383 e. The van der Waals surface area contributed by atoms with E-state index in [0.29, 0.717) is 6.04 Å². The highest BCUT2D eigenvalue weighted by Gasteiger charge is 2.18. The molecule has 0 aromatic carbocycles. The van der Waals surface area contributed by atoms with E-state index in [9.17, 15) is 0 Å². The van der Waals surface area contributed by atoms with Gasteiger partial charge in [-0.05, 0) is 38.1 Å². The van der Waals surface area contributed by atoms with Crippen molar-refractivity contribution in [3.63, 3.8) is 0 Å². The molecule has 1 N–H and O–H groups in total. The number of hydrogen-bond donors (Lipinski definition) is 1. The Morgan fingerprint density at radius 1 is 1.37 bits per heavy atom.